The quantitative estimate of drug-likeness (QED) is 0.414. The molecule has 0 aliphatic carbocycles. The Morgan fingerprint density at radius 3 is 2.85 bits per heavy atom. The first-order valence-electron chi connectivity index (χ1n) is 3.78. The van der Waals surface area contributed by atoms with E-state index in [9.17, 15) is 4.79 Å². The Hall–Kier alpha value is -1.07. The molecule has 1 rings (SSSR count). The summed E-state index contributed by atoms with van der Waals surface area (Å²) >= 11 is 5.78. The number of carbonyl (C=O) groups is 1. The molecule has 72 valence electrons. The van der Waals surface area contributed by atoms with Gasteiger partial charge >= 0.3 is 0 Å². The summed E-state index contributed by atoms with van der Waals surface area (Å²) in [6.45, 7) is 3.48. The van der Waals surface area contributed by atoms with Gasteiger partial charge in [-0.3, -0.25) is 14.9 Å². The van der Waals surface area contributed by atoms with Crippen LogP contribution in [0.2, 0.25) is 5.02 Å². The highest BCUT2D eigenvalue weighted by Crippen LogP contribution is 2.17. The average molecular weight is 203 g/mol. The number of hydrogen-bond donors (Lipinski definition) is 2. The fourth-order valence-corrected chi connectivity index (χ4v) is 1.15. The molecule has 0 fully saturated rings. The largest absolute Gasteiger partial charge is 0.292 e. The lowest BCUT2D eigenvalue weighted by Crippen LogP contribution is -2.36. The minimum atomic E-state index is -0.447. The number of halogens is 1. The van der Waals surface area contributed by atoms with Crippen molar-refractivity contribution in [2.75, 3.05) is 0 Å². The molecule has 0 saturated heterocycles. The maximum atomic E-state index is 11.1. The zero-order valence-electron chi connectivity index (χ0n) is 7.41. The second-order valence-corrected chi connectivity index (χ2v) is 3.11. The van der Waals surface area contributed by atoms with Crippen molar-refractivity contribution in [2.24, 2.45) is 5.84 Å². The SMILES string of the molecule is Cc1c(Cl)cnn1C(C)C(=O)NN. The first-order chi connectivity index (χ1) is 6.07. The minimum Gasteiger partial charge on any atom is -0.292 e. The highest BCUT2D eigenvalue weighted by molar-refractivity contribution is 6.31. The first kappa shape index (κ1) is 10.0. The molecule has 1 atom stereocenters. The van der Waals surface area contributed by atoms with Crippen LogP contribution in [0.1, 0.15) is 18.7 Å². The lowest BCUT2D eigenvalue weighted by Gasteiger charge is -2.11. The molecule has 6 heteroatoms. The van der Waals surface area contributed by atoms with Gasteiger partial charge in [-0.15, -0.1) is 0 Å². The molecule has 0 saturated carbocycles. The number of amides is 1. The van der Waals surface area contributed by atoms with Crippen molar-refractivity contribution < 1.29 is 4.79 Å². The second kappa shape index (κ2) is 3.76. The van der Waals surface area contributed by atoms with Crippen LogP contribution in [-0.2, 0) is 4.79 Å². The number of nitrogens with zero attached hydrogens (tertiary/aromatic N) is 2. The van der Waals surface area contributed by atoms with E-state index in [-0.39, 0.29) is 5.91 Å². The van der Waals surface area contributed by atoms with Crippen LogP contribution in [0.15, 0.2) is 6.20 Å². The van der Waals surface area contributed by atoms with Crippen LogP contribution >= 0.6 is 11.6 Å². The van der Waals surface area contributed by atoms with Crippen LogP contribution in [-0.4, -0.2) is 15.7 Å². The van der Waals surface area contributed by atoms with Crippen molar-refractivity contribution in [3.63, 3.8) is 0 Å². The zero-order chi connectivity index (χ0) is 10.0. The van der Waals surface area contributed by atoms with Gasteiger partial charge in [-0.25, -0.2) is 5.84 Å². The maximum Gasteiger partial charge on any atom is 0.258 e. The van der Waals surface area contributed by atoms with Gasteiger partial charge in [-0.05, 0) is 13.8 Å². The van der Waals surface area contributed by atoms with Crippen molar-refractivity contribution in [3.8, 4) is 0 Å². The summed E-state index contributed by atoms with van der Waals surface area (Å²) in [5, 5.41) is 4.49. The summed E-state index contributed by atoms with van der Waals surface area (Å²) in [5.74, 6) is 4.69. The molecule has 0 radical (unpaired) electrons. The third-order valence-electron chi connectivity index (χ3n) is 1.87. The molecule has 1 aromatic rings. The van der Waals surface area contributed by atoms with Crippen molar-refractivity contribution in [1.82, 2.24) is 15.2 Å². The van der Waals surface area contributed by atoms with Crippen molar-refractivity contribution in [1.29, 1.82) is 0 Å². The summed E-state index contributed by atoms with van der Waals surface area (Å²) in [6.07, 6.45) is 1.50. The van der Waals surface area contributed by atoms with Crippen LogP contribution in [0.4, 0.5) is 0 Å². The van der Waals surface area contributed by atoms with Gasteiger partial charge in [0.2, 0.25) is 0 Å². The number of hydrazine groups is 1. The summed E-state index contributed by atoms with van der Waals surface area (Å²) in [7, 11) is 0. The van der Waals surface area contributed by atoms with Gasteiger partial charge in [0.05, 0.1) is 16.9 Å². The van der Waals surface area contributed by atoms with E-state index >= 15 is 0 Å². The molecule has 5 nitrogen and oxygen atoms in total. The monoisotopic (exact) mass is 202 g/mol. The smallest absolute Gasteiger partial charge is 0.258 e. The average Bonchev–Trinajstić information content (AvgIpc) is 2.45. The van der Waals surface area contributed by atoms with E-state index in [1.54, 1.807) is 13.8 Å². The van der Waals surface area contributed by atoms with Crippen LogP contribution < -0.4 is 11.3 Å². The third kappa shape index (κ3) is 1.81. The van der Waals surface area contributed by atoms with E-state index in [4.69, 9.17) is 17.4 Å². The molecule has 13 heavy (non-hydrogen) atoms. The lowest BCUT2D eigenvalue weighted by molar-refractivity contribution is -0.124. The van der Waals surface area contributed by atoms with Gasteiger partial charge in [0, 0.05) is 0 Å². The molecular formula is C7H11ClN4O. The fourth-order valence-electron chi connectivity index (χ4n) is 1.02. The second-order valence-electron chi connectivity index (χ2n) is 2.71. The molecule has 0 aliphatic heterocycles. The number of rotatable bonds is 2. The Kier molecular flexibility index (Phi) is 2.90. The van der Waals surface area contributed by atoms with Crippen LogP contribution in [0, 0.1) is 6.92 Å². The Labute approximate surface area is 80.8 Å². The van der Waals surface area contributed by atoms with Crippen molar-refractivity contribution >= 4 is 17.5 Å². The molecule has 1 unspecified atom stereocenters. The zero-order valence-corrected chi connectivity index (χ0v) is 8.17. The van der Waals surface area contributed by atoms with Gasteiger partial charge in [-0.2, -0.15) is 5.10 Å². The Bertz CT molecular complexity index is 322. The van der Waals surface area contributed by atoms with Gasteiger partial charge in [0.1, 0.15) is 6.04 Å². The predicted molar refractivity (Wildman–Crippen MR) is 49.0 cm³/mol. The topological polar surface area (TPSA) is 72.9 Å². The van der Waals surface area contributed by atoms with Gasteiger partial charge in [0.15, 0.2) is 0 Å². The number of carbonyl (C=O) groups excluding carboxylic acids is 1. The minimum absolute atomic E-state index is 0.303. The van der Waals surface area contributed by atoms with Crippen molar-refractivity contribution in [3.05, 3.63) is 16.9 Å². The number of nitrogens with one attached hydrogen (secondary N) is 1. The van der Waals surface area contributed by atoms with Crippen molar-refractivity contribution in [2.45, 2.75) is 19.9 Å². The normalized spacial score (nSPS) is 12.6. The third-order valence-corrected chi connectivity index (χ3v) is 2.24. The highest BCUT2D eigenvalue weighted by Gasteiger charge is 2.17. The van der Waals surface area contributed by atoms with E-state index in [1.165, 1.54) is 10.9 Å². The summed E-state index contributed by atoms with van der Waals surface area (Å²) in [6, 6.07) is -0.447. The highest BCUT2D eigenvalue weighted by atomic mass is 35.5. The predicted octanol–water partition coefficient (Wildman–Crippen LogP) is 0.396. The molecule has 0 aliphatic rings. The number of aromatic nitrogens is 2. The summed E-state index contributed by atoms with van der Waals surface area (Å²) in [5.41, 5.74) is 2.80. The van der Waals surface area contributed by atoms with E-state index < -0.39 is 6.04 Å². The molecule has 0 aromatic carbocycles. The van der Waals surface area contributed by atoms with Gasteiger partial charge in [-0.1, -0.05) is 11.6 Å². The lowest BCUT2D eigenvalue weighted by atomic mass is 10.3. The van der Waals surface area contributed by atoms with Gasteiger partial charge < -0.3 is 0 Å². The molecule has 1 heterocycles. The number of hydrogen-bond acceptors (Lipinski definition) is 3. The Morgan fingerprint density at radius 1 is 1.85 bits per heavy atom. The standard InChI is InChI=1S/C7H11ClN4O/c1-4-6(8)3-10-12(4)5(2)7(13)11-9/h3,5H,9H2,1-2H3,(H,11,13). The molecular weight excluding hydrogens is 192 g/mol. The Morgan fingerprint density at radius 2 is 2.46 bits per heavy atom. The molecule has 1 aromatic heterocycles. The van der Waals surface area contributed by atoms with Crippen LogP contribution in [0.5, 0.6) is 0 Å². The van der Waals surface area contributed by atoms with E-state index in [1.807, 2.05) is 0 Å². The van der Waals surface area contributed by atoms with Crippen LogP contribution in [0.25, 0.3) is 0 Å². The molecule has 0 spiro atoms. The first-order valence-corrected chi connectivity index (χ1v) is 4.15. The maximum absolute atomic E-state index is 11.1. The van der Waals surface area contributed by atoms with Gasteiger partial charge in [0.25, 0.3) is 5.91 Å². The molecule has 1 amide bonds. The summed E-state index contributed by atoms with van der Waals surface area (Å²) < 4.78 is 1.52. The van der Waals surface area contributed by atoms with E-state index in [0.717, 1.165) is 5.69 Å². The van der Waals surface area contributed by atoms with E-state index in [0.29, 0.717) is 5.02 Å². The number of nitrogens with two attached hydrogens (primary N) is 1. The van der Waals surface area contributed by atoms with Crippen LogP contribution in [0.3, 0.4) is 0 Å². The molecule has 3 N–H and O–H groups in total. The summed E-state index contributed by atoms with van der Waals surface area (Å²) in [4.78, 5) is 11.1. The Balaban J connectivity index is 2.95. The molecule has 0 bridgehead atoms. The van der Waals surface area contributed by atoms with E-state index in [2.05, 4.69) is 10.5 Å². The fraction of sp³-hybridized carbons (Fsp3) is 0.429.